The monoisotopic (exact) mass is 483 g/mol. The zero-order valence-corrected chi connectivity index (χ0v) is 18.8. The smallest absolute Gasteiger partial charge is 0.260 e. The molecule has 0 radical (unpaired) electrons. The number of benzene rings is 2. The van der Waals surface area contributed by atoms with Crippen molar-refractivity contribution in [3.8, 4) is 0 Å². The molecule has 2 fully saturated rings. The lowest BCUT2D eigenvalue weighted by molar-refractivity contribution is 0.0730. The topological polar surface area (TPSA) is 88.2 Å². The number of rotatable bonds is 5. The average Bonchev–Trinajstić information content (AvgIpc) is 2.80. The normalized spacial score (nSPS) is 17.9. The van der Waals surface area contributed by atoms with Gasteiger partial charge >= 0.3 is 0 Å². The van der Waals surface area contributed by atoms with E-state index in [9.17, 15) is 17.6 Å². The first-order valence-electron chi connectivity index (χ1n) is 10.2. The first-order valence-corrected chi connectivity index (χ1v) is 12.0. The van der Waals surface area contributed by atoms with E-state index in [0.717, 1.165) is 6.07 Å². The summed E-state index contributed by atoms with van der Waals surface area (Å²) in [5, 5.41) is 2.63. The number of amides is 1. The molecule has 172 valence electrons. The van der Waals surface area contributed by atoms with E-state index in [4.69, 9.17) is 21.1 Å². The van der Waals surface area contributed by atoms with Crippen LogP contribution in [-0.4, -0.2) is 71.2 Å². The van der Waals surface area contributed by atoms with Crippen LogP contribution >= 0.6 is 11.6 Å². The second-order valence-electron chi connectivity index (χ2n) is 7.35. The highest BCUT2D eigenvalue weighted by Crippen LogP contribution is 2.32. The standard InChI is InChI=1S/C21H23ClFN3O5S/c22-16-2-1-3-17(23)20(16)21(27)24-18-14-15(32(28,29)26-8-12-31-13-9-26)4-5-19(18)25-6-10-30-11-7-25/h1-5,14H,6-13H2,(H,24,27). The molecule has 8 nitrogen and oxygen atoms in total. The van der Waals surface area contributed by atoms with E-state index in [0.29, 0.717) is 45.2 Å². The number of hydrogen-bond donors (Lipinski definition) is 1. The highest BCUT2D eigenvalue weighted by Gasteiger charge is 2.28. The fourth-order valence-corrected chi connectivity index (χ4v) is 5.37. The van der Waals surface area contributed by atoms with Crippen LogP contribution < -0.4 is 10.2 Å². The molecule has 0 aliphatic carbocycles. The molecule has 2 aromatic rings. The van der Waals surface area contributed by atoms with Crippen molar-refractivity contribution >= 4 is 38.9 Å². The molecule has 0 aromatic heterocycles. The molecule has 2 heterocycles. The Balaban J connectivity index is 1.71. The lowest BCUT2D eigenvalue weighted by atomic mass is 10.1. The molecule has 0 spiro atoms. The molecule has 2 aliphatic rings. The third kappa shape index (κ3) is 4.74. The van der Waals surface area contributed by atoms with Gasteiger partial charge < -0.3 is 19.7 Å². The van der Waals surface area contributed by atoms with E-state index in [2.05, 4.69) is 5.32 Å². The summed E-state index contributed by atoms with van der Waals surface area (Å²) >= 11 is 6.04. The van der Waals surface area contributed by atoms with Crippen molar-refractivity contribution in [3.05, 3.63) is 52.8 Å². The lowest BCUT2D eigenvalue weighted by Crippen LogP contribution is -2.40. The van der Waals surface area contributed by atoms with Gasteiger partial charge in [0.05, 0.1) is 53.3 Å². The number of morpholine rings is 2. The molecule has 0 saturated carbocycles. The third-order valence-corrected chi connectivity index (χ3v) is 7.58. The number of hydrogen-bond acceptors (Lipinski definition) is 6. The van der Waals surface area contributed by atoms with Gasteiger partial charge in [0.15, 0.2) is 0 Å². The number of nitrogens with zero attached hydrogens (tertiary/aromatic N) is 2. The second kappa shape index (κ2) is 9.72. The van der Waals surface area contributed by atoms with Gasteiger partial charge in [0.2, 0.25) is 10.0 Å². The molecule has 11 heteroatoms. The molecule has 0 unspecified atom stereocenters. The van der Waals surface area contributed by atoms with Crippen LogP contribution in [0.3, 0.4) is 0 Å². The van der Waals surface area contributed by atoms with E-state index in [1.807, 2.05) is 4.90 Å². The first kappa shape index (κ1) is 22.9. The van der Waals surface area contributed by atoms with E-state index in [1.54, 1.807) is 6.07 Å². The molecule has 2 saturated heterocycles. The molecule has 0 bridgehead atoms. The van der Waals surface area contributed by atoms with Gasteiger partial charge in [0.25, 0.3) is 5.91 Å². The lowest BCUT2D eigenvalue weighted by Gasteiger charge is -2.31. The molecular weight excluding hydrogens is 461 g/mol. The Hall–Kier alpha value is -2.24. The Morgan fingerprint density at radius 2 is 1.66 bits per heavy atom. The van der Waals surface area contributed by atoms with Crippen molar-refractivity contribution in [2.75, 3.05) is 62.8 Å². The summed E-state index contributed by atoms with van der Waals surface area (Å²) in [4.78, 5) is 14.9. The van der Waals surface area contributed by atoms with Crippen LogP contribution in [0.4, 0.5) is 15.8 Å². The molecule has 32 heavy (non-hydrogen) atoms. The van der Waals surface area contributed by atoms with Crippen LogP contribution in [0.5, 0.6) is 0 Å². The molecular formula is C21H23ClFN3O5S. The number of halogens is 2. The number of ether oxygens (including phenoxy) is 2. The third-order valence-electron chi connectivity index (χ3n) is 5.37. The van der Waals surface area contributed by atoms with Crippen molar-refractivity contribution in [1.82, 2.24) is 4.31 Å². The minimum Gasteiger partial charge on any atom is -0.379 e. The van der Waals surface area contributed by atoms with E-state index >= 15 is 0 Å². The van der Waals surface area contributed by atoms with Gasteiger partial charge in [-0.1, -0.05) is 17.7 Å². The number of sulfonamides is 1. The predicted molar refractivity (Wildman–Crippen MR) is 118 cm³/mol. The predicted octanol–water partition coefficient (Wildman–Crippen LogP) is 2.59. The molecule has 2 aliphatic heterocycles. The van der Waals surface area contributed by atoms with Crippen molar-refractivity contribution in [2.45, 2.75) is 4.90 Å². The summed E-state index contributed by atoms with van der Waals surface area (Å²) < 4.78 is 52.5. The summed E-state index contributed by atoms with van der Waals surface area (Å²) in [6.07, 6.45) is 0. The number of carbonyl (C=O) groups is 1. The van der Waals surface area contributed by atoms with Gasteiger partial charge in [0.1, 0.15) is 5.82 Å². The number of carbonyl (C=O) groups excluding carboxylic acids is 1. The van der Waals surface area contributed by atoms with Crippen LogP contribution in [0.2, 0.25) is 5.02 Å². The first-order chi connectivity index (χ1) is 15.4. The largest absolute Gasteiger partial charge is 0.379 e. The van der Waals surface area contributed by atoms with Crippen molar-refractivity contribution < 1.29 is 27.1 Å². The Morgan fingerprint density at radius 3 is 2.31 bits per heavy atom. The van der Waals surface area contributed by atoms with Crippen LogP contribution in [0, 0.1) is 5.82 Å². The minimum absolute atomic E-state index is 0.0336. The van der Waals surface area contributed by atoms with Gasteiger partial charge in [-0.3, -0.25) is 4.79 Å². The Bertz CT molecular complexity index is 1080. The summed E-state index contributed by atoms with van der Waals surface area (Å²) in [5.74, 6) is -1.52. The van der Waals surface area contributed by atoms with Crippen LogP contribution in [0.1, 0.15) is 10.4 Å². The van der Waals surface area contributed by atoms with Gasteiger partial charge in [-0.25, -0.2) is 12.8 Å². The average molecular weight is 484 g/mol. The van der Waals surface area contributed by atoms with Gasteiger partial charge in [-0.2, -0.15) is 4.31 Å². The Morgan fingerprint density at radius 1 is 1.00 bits per heavy atom. The molecule has 1 N–H and O–H groups in total. The van der Waals surface area contributed by atoms with Gasteiger partial charge in [-0.15, -0.1) is 0 Å². The van der Waals surface area contributed by atoms with E-state index in [1.165, 1.54) is 28.6 Å². The maximum atomic E-state index is 14.3. The Kier molecular flexibility index (Phi) is 6.96. The minimum atomic E-state index is -3.79. The summed E-state index contributed by atoms with van der Waals surface area (Å²) in [6.45, 7) is 3.28. The fraction of sp³-hybridized carbons (Fsp3) is 0.381. The van der Waals surface area contributed by atoms with Gasteiger partial charge in [-0.05, 0) is 30.3 Å². The number of nitrogens with one attached hydrogen (secondary N) is 1. The highest BCUT2D eigenvalue weighted by molar-refractivity contribution is 7.89. The van der Waals surface area contributed by atoms with Gasteiger partial charge in [0, 0.05) is 26.2 Å². The summed E-state index contributed by atoms with van der Waals surface area (Å²) in [7, 11) is -3.79. The molecule has 2 aromatic carbocycles. The molecule has 0 atom stereocenters. The maximum Gasteiger partial charge on any atom is 0.260 e. The SMILES string of the molecule is O=C(Nc1cc(S(=O)(=O)N2CCOCC2)ccc1N1CCOCC1)c1c(F)cccc1Cl. The summed E-state index contributed by atoms with van der Waals surface area (Å²) in [6, 6.07) is 8.54. The summed E-state index contributed by atoms with van der Waals surface area (Å²) in [5.41, 5.74) is 0.573. The highest BCUT2D eigenvalue weighted by atomic mass is 35.5. The second-order valence-corrected chi connectivity index (χ2v) is 9.69. The zero-order valence-electron chi connectivity index (χ0n) is 17.2. The van der Waals surface area contributed by atoms with Crippen molar-refractivity contribution in [2.24, 2.45) is 0 Å². The number of anilines is 2. The fourth-order valence-electron chi connectivity index (χ4n) is 3.69. The molecule has 1 amide bonds. The van der Waals surface area contributed by atoms with E-state index < -0.39 is 21.7 Å². The van der Waals surface area contributed by atoms with Crippen molar-refractivity contribution in [1.29, 1.82) is 0 Å². The Labute approximate surface area is 190 Å². The van der Waals surface area contributed by atoms with Crippen molar-refractivity contribution in [3.63, 3.8) is 0 Å². The maximum absolute atomic E-state index is 14.3. The van der Waals surface area contributed by atoms with Crippen LogP contribution in [0.15, 0.2) is 41.3 Å². The quantitative estimate of drug-likeness (QED) is 0.703. The van der Waals surface area contributed by atoms with Crippen LogP contribution in [-0.2, 0) is 19.5 Å². The van der Waals surface area contributed by atoms with Crippen LogP contribution in [0.25, 0.3) is 0 Å². The molecule has 4 rings (SSSR count). The van der Waals surface area contributed by atoms with E-state index in [-0.39, 0.29) is 34.3 Å². The zero-order chi connectivity index (χ0) is 22.7.